The fourth-order valence-corrected chi connectivity index (χ4v) is 0.0833. The lowest BCUT2D eigenvalue weighted by Crippen LogP contribution is -2.28. The minimum Gasteiger partial charge on any atom is -0.329 e. The van der Waals surface area contributed by atoms with Crippen LogP contribution in [0.25, 0.3) is 0 Å². The molecule has 0 aliphatic heterocycles. The maximum atomic E-state index is 5.00. The molecule has 0 radical (unpaired) electrons. The van der Waals surface area contributed by atoms with E-state index in [0.717, 1.165) is 0 Å². The van der Waals surface area contributed by atoms with Crippen molar-refractivity contribution in [2.24, 2.45) is 11.6 Å². The van der Waals surface area contributed by atoms with Crippen molar-refractivity contribution in [3.05, 3.63) is 0 Å². The van der Waals surface area contributed by atoms with Gasteiger partial charge >= 0.3 is 0 Å². The largest absolute Gasteiger partial charge is 0.329 e. The minimum absolute atomic E-state index is 0.608. The van der Waals surface area contributed by atoms with E-state index in [1.54, 1.807) is 0 Å². The summed E-state index contributed by atoms with van der Waals surface area (Å²) in [6, 6.07) is 0. The van der Waals surface area contributed by atoms with Gasteiger partial charge < -0.3 is 5.73 Å². The number of hydrazine groups is 1. The predicted octanol–water partition coefficient (Wildman–Crippen LogP) is -1.59. The summed E-state index contributed by atoms with van der Waals surface area (Å²) in [5.74, 6) is 4.81. The summed E-state index contributed by atoms with van der Waals surface area (Å²) in [7, 11) is 0. The van der Waals surface area contributed by atoms with Crippen LogP contribution in [0.15, 0.2) is 0 Å². The Balaban J connectivity index is 2.19. The van der Waals surface area contributed by atoms with Crippen molar-refractivity contribution in [1.29, 1.82) is 0 Å². The lowest BCUT2D eigenvalue weighted by atomic mass is 10.7. The molecule has 0 amide bonds. The number of hydrogen-bond donors (Lipinski definition) is 3. The van der Waals surface area contributed by atoms with Gasteiger partial charge in [-0.3, -0.25) is 11.3 Å². The molecule has 0 unspecified atom stereocenters. The van der Waals surface area contributed by atoms with Crippen LogP contribution in [0.3, 0.4) is 0 Å². The number of nitrogens with two attached hydrogens (primary N) is 2. The molecule has 0 saturated heterocycles. The first-order valence-corrected chi connectivity index (χ1v) is 1.55. The topological polar surface area (TPSA) is 64.1 Å². The highest BCUT2D eigenvalue weighted by Gasteiger charge is 1.64. The van der Waals surface area contributed by atoms with Gasteiger partial charge in [0.2, 0.25) is 0 Å². The third kappa shape index (κ3) is 3.88. The molecule has 0 rings (SSSR count). The second kappa shape index (κ2) is 3.88. The van der Waals surface area contributed by atoms with Crippen molar-refractivity contribution in [3.63, 3.8) is 0 Å². The molecule has 0 spiro atoms. The van der Waals surface area contributed by atoms with E-state index in [1.807, 2.05) is 0 Å². The van der Waals surface area contributed by atoms with Crippen molar-refractivity contribution in [1.82, 2.24) is 5.43 Å². The minimum atomic E-state index is 0.608. The van der Waals surface area contributed by atoms with E-state index in [0.29, 0.717) is 13.1 Å². The van der Waals surface area contributed by atoms with Crippen LogP contribution in [0.5, 0.6) is 0 Å². The van der Waals surface area contributed by atoms with Crippen LogP contribution < -0.4 is 17.0 Å². The van der Waals surface area contributed by atoms with E-state index in [4.69, 9.17) is 11.6 Å². The van der Waals surface area contributed by atoms with E-state index in [2.05, 4.69) is 5.43 Å². The van der Waals surface area contributed by atoms with Gasteiger partial charge in [-0.15, -0.1) is 0 Å². The van der Waals surface area contributed by atoms with Crippen LogP contribution in [0, 0.1) is 0 Å². The summed E-state index contributed by atoms with van der Waals surface area (Å²) in [6.45, 7) is 1.30. The van der Waals surface area contributed by atoms with Crippen LogP contribution in [-0.2, 0) is 0 Å². The number of nitrogens with one attached hydrogen (secondary N) is 1. The van der Waals surface area contributed by atoms with Crippen LogP contribution in [0.2, 0.25) is 0 Å². The first-order valence-electron chi connectivity index (χ1n) is 1.55. The van der Waals surface area contributed by atoms with Crippen molar-refractivity contribution < 1.29 is 0 Å². The molecule has 32 valence electrons. The summed E-state index contributed by atoms with van der Waals surface area (Å²) in [4.78, 5) is 0. The summed E-state index contributed by atoms with van der Waals surface area (Å²) >= 11 is 0. The summed E-state index contributed by atoms with van der Waals surface area (Å²) < 4.78 is 0. The van der Waals surface area contributed by atoms with Crippen LogP contribution >= 0.6 is 0 Å². The molecule has 0 heterocycles. The first kappa shape index (κ1) is 4.88. The SMILES string of the molecule is NCCNN. The third-order valence-corrected chi connectivity index (χ3v) is 0.289. The fraction of sp³-hybridized carbons (Fsp3) is 1.00. The Morgan fingerprint density at radius 2 is 2.20 bits per heavy atom. The molecule has 5 heavy (non-hydrogen) atoms. The molecule has 0 aliphatic rings. The maximum Gasteiger partial charge on any atom is 0.0220 e. The van der Waals surface area contributed by atoms with E-state index in [-0.39, 0.29) is 0 Å². The highest BCUT2D eigenvalue weighted by molar-refractivity contribution is 4.31. The third-order valence-electron chi connectivity index (χ3n) is 0.289. The Kier molecular flexibility index (Phi) is 3.79. The molecule has 5 N–H and O–H groups in total. The van der Waals surface area contributed by atoms with Gasteiger partial charge in [-0.05, 0) is 0 Å². The van der Waals surface area contributed by atoms with E-state index >= 15 is 0 Å². The Hall–Kier alpha value is -0.120. The van der Waals surface area contributed by atoms with Gasteiger partial charge in [0.25, 0.3) is 0 Å². The van der Waals surface area contributed by atoms with E-state index < -0.39 is 0 Å². The molecule has 0 saturated carbocycles. The average molecular weight is 75.1 g/mol. The lowest BCUT2D eigenvalue weighted by Gasteiger charge is -1.85. The quantitative estimate of drug-likeness (QED) is 0.274. The molecule has 0 atom stereocenters. The number of rotatable bonds is 2. The molecule has 0 bridgehead atoms. The molecule has 3 heteroatoms. The Morgan fingerprint density at radius 3 is 2.20 bits per heavy atom. The monoisotopic (exact) mass is 75.1 g/mol. The highest BCUT2D eigenvalue weighted by atomic mass is 15.2. The van der Waals surface area contributed by atoms with Crippen molar-refractivity contribution in [3.8, 4) is 0 Å². The fourth-order valence-electron chi connectivity index (χ4n) is 0.0833. The van der Waals surface area contributed by atoms with Crippen LogP contribution in [-0.4, -0.2) is 13.1 Å². The van der Waals surface area contributed by atoms with E-state index in [1.165, 1.54) is 0 Å². The molecule has 3 nitrogen and oxygen atoms in total. The summed E-state index contributed by atoms with van der Waals surface area (Å²) in [5, 5.41) is 0. The van der Waals surface area contributed by atoms with Gasteiger partial charge in [-0.1, -0.05) is 0 Å². The lowest BCUT2D eigenvalue weighted by molar-refractivity contribution is 0.738. The molecule has 0 aromatic carbocycles. The van der Waals surface area contributed by atoms with E-state index in [9.17, 15) is 0 Å². The van der Waals surface area contributed by atoms with Gasteiger partial charge in [0.15, 0.2) is 0 Å². The second-order valence-corrected chi connectivity index (χ2v) is 0.743. The predicted molar refractivity (Wildman–Crippen MR) is 21.2 cm³/mol. The average Bonchev–Trinajstić information content (AvgIpc) is 1.41. The van der Waals surface area contributed by atoms with Crippen molar-refractivity contribution in [2.75, 3.05) is 13.1 Å². The van der Waals surface area contributed by atoms with Gasteiger partial charge in [0.1, 0.15) is 0 Å². The second-order valence-electron chi connectivity index (χ2n) is 0.743. The Morgan fingerprint density at radius 1 is 1.60 bits per heavy atom. The smallest absolute Gasteiger partial charge is 0.0220 e. The standard InChI is InChI=1S/C2H9N3/c3-1-2-5-4/h5H,1-4H2. The zero-order valence-corrected chi connectivity index (χ0v) is 3.07. The Labute approximate surface area is 31.3 Å². The summed E-state index contributed by atoms with van der Waals surface area (Å²) in [5.41, 5.74) is 7.39. The Bertz CT molecular complexity index is 12.4. The van der Waals surface area contributed by atoms with Gasteiger partial charge in [-0.2, -0.15) is 0 Å². The molecular formula is C2H9N3. The molecule has 0 aliphatic carbocycles. The summed E-state index contributed by atoms with van der Waals surface area (Å²) in [6.07, 6.45) is 0. The molecular weight excluding hydrogens is 66.0 g/mol. The van der Waals surface area contributed by atoms with Crippen molar-refractivity contribution >= 4 is 0 Å². The maximum absolute atomic E-state index is 5.00. The van der Waals surface area contributed by atoms with Crippen LogP contribution in [0.1, 0.15) is 0 Å². The first-order chi connectivity index (χ1) is 2.41. The highest BCUT2D eigenvalue weighted by Crippen LogP contribution is 1.33. The van der Waals surface area contributed by atoms with Gasteiger partial charge in [-0.25, -0.2) is 0 Å². The zero-order valence-electron chi connectivity index (χ0n) is 3.07. The zero-order chi connectivity index (χ0) is 4.12. The van der Waals surface area contributed by atoms with Crippen molar-refractivity contribution in [2.45, 2.75) is 0 Å². The number of hydrogen-bond acceptors (Lipinski definition) is 3. The van der Waals surface area contributed by atoms with Crippen LogP contribution in [0.4, 0.5) is 0 Å². The van der Waals surface area contributed by atoms with Gasteiger partial charge in [0.05, 0.1) is 0 Å². The van der Waals surface area contributed by atoms with Gasteiger partial charge in [0, 0.05) is 13.1 Å². The molecule has 0 fully saturated rings. The molecule has 0 aromatic rings. The normalized spacial score (nSPS) is 8.40. The molecule has 0 aromatic heterocycles.